The Morgan fingerprint density at radius 2 is 1.83 bits per heavy atom. The maximum Gasteiger partial charge on any atom is 0.251 e. The summed E-state index contributed by atoms with van der Waals surface area (Å²) in [7, 11) is 3.32. The quantitative estimate of drug-likeness (QED) is 0.820. The van der Waals surface area contributed by atoms with Crippen molar-refractivity contribution in [2.24, 2.45) is 0 Å². The van der Waals surface area contributed by atoms with Gasteiger partial charge in [-0.15, -0.1) is 0 Å². The standard InChI is InChI=1S/C20H26N2O2/c1-14(17-8-10-19(24-4)11-9-17)15(2)22-13-16-6-5-7-18(12-16)20(23)21-3/h5-12,14-15,22H,13H2,1-4H3,(H,21,23)/t14-,15+/m0/s1. The van der Waals surface area contributed by atoms with E-state index in [1.54, 1.807) is 14.2 Å². The van der Waals surface area contributed by atoms with Crippen molar-refractivity contribution in [3.63, 3.8) is 0 Å². The Balaban J connectivity index is 1.96. The van der Waals surface area contributed by atoms with Crippen LogP contribution in [-0.2, 0) is 6.54 Å². The summed E-state index contributed by atoms with van der Waals surface area (Å²) in [6.07, 6.45) is 0. The third-order valence-electron chi connectivity index (χ3n) is 4.44. The Labute approximate surface area is 144 Å². The van der Waals surface area contributed by atoms with Crippen molar-refractivity contribution >= 4 is 5.91 Å². The third kappa shape index (κ3) is 4.59. The molecule has 0 aliphatic heterocycles. The second kappa shape index (κ2) is 8.50. The summed E-state index contributed by atoms with van der Waals surface area (Å²) in [5.41, 5.74) is 3.06. The summed E-state index contributed by atoms with van der Waals surface area (Å²) in [5, 5.41) is 6.20. The molecular weight excluding hydrogens is 300 g/mol. The highest BCUT2D eigenvalue weighted by Gasteiger charge is 2.14. The van der Waals surface area contributed by atoms with Crippen molar-refractivity contribution in [2.75, 3.05) is 14.2 Å². The Bertz CT molecular complexity index is 668. The van der Waals surface area contributed by atoms with Gasteiger partial charge in [0, 0.05) is 25.2 Å². The van der Waals surface area contributed by atoms with Crippen molar-refractivity contribution < 1.29 is 9.53 Å². The zero-order chi connectivity index (χ0) is 17.5. The van der Waals surface area contributed by atoms with Gasteiger partial charge < -0.3 is 15.4 Å². The lowest BCUT2D eigenvalue weighted by Crippen LogP contribution is -2.30. The van der Waals surface area contributed by atoms with E-state index in [0.29, 0.717) is 17.5 Å². The first-order valence-corrected chi connectivity index (χ1v) is 8.23. The topological polar surface area (TPSA) is 50.4 Å². The summed E-state index contributed by atoms with van der Waals surface area (Å²) in [6.45, 7) is 5.12. The van der Waals surface area contributed by atoms with E-state index in [1.807, 2.05) is 36.4 Å². The second-order valence-electron chi connectivity index (χ2n) is 6.01. The van der Waals surface area contributed by atoms with Crippen LogP contribution in [0, 0.1) is 0 Å². The predicted molar refractivity (Wildman–Crippen MR) is 97.5 cm³/mol. The smallest absolute Gasteiger partial charge is 0.251 e. The molecule has 0 spiro atoms. The number of carbonyl (C=O) groups excluding carboxylic acids is 1. The van der Waals surface area contributed by atoms with Gasteiger partial charge in [-0.05, 0) is 48.2 Å². The summed E-state index contributed by atoms with van der Waals surface area (Å²) in [6, 6.07) is 16.2. The molecule has 24 heavy (non-hydrogen) atoms. The molecule has 2 atom stereocenters. The van der Waals surface area contributed by atoms with Crippen molar-refractivity contribution in [1.82, 2.24) is 10.6 Å². The highest BCUT2D eigenvalue weighted by molar-refractivity contribution is 5.94. The summed E-state index contributed by atoms with van der Waals surface area (Å²) >= 11 is 0. The molecule has 0 aliphatic carbocycles. The molecule has 4 nitrogen and oxygen atoms in total. The minimum Gasteiger partial charge on any atom is -0.497 e. The second-order valence-corrected chi connectivity index (χ2v) is 6.01. The normalized spacial score (nSPS) is 13.2. The molecule has 0 fully saturated rings. The Morgan fingerprint density at radius 3 is 2.46 bits per heavy atom. The van der Waals surface area contributed by atoms with Crippen LogP contribution < -0.4 is 15.4 Å². The fourth-order valence-electron chi connectivity index (χ4n) is 2.62. The number of carbonyl (C=O) groups is 1. The molecule has 0 heterocycles. The van der Waals surface area contributed by atoms with Crippen LogP contribution in [-0.4, -0.2) is 26.1 Å². The van der Waals surface area contributed by atoms with Gasteiger partial charge in [-0.2, -0.15) is 0 Å². The minimum absolute atomic E-state index is 0.0588. The van der Waals surface area contributed by atoms with E-state index in [4.69, 9.17) is 4.74 Å². The van der Waals surface area contributed by atoms with E-state index in [9.17, 15) is 4.79 Å². The molecule has 0 saturated heterocycles. The fraction of sp³-hybridized carbons (Fsp3) is 0.350. The Kier molecular flexibility index (Phi) is 6.38. The molecule has 0 aromatic heterocycles. The number of methoxy groups -OCH3 is 1. The number of ether oxygens (including phenoxy) is 1. The number of rotatable bonds is 7. The lowest BCUT2D eigenvalue weighted by atomic mass is 9.94. The van der Waals surface area contributed by atoms with Gasteiger partial charge in [-0.25, -0.2) is 0 Å². The minimum atomic E-state index is -0.0588. The first-order valence-electron chi connectivity index (χ1n) is 8.23. The van der Waals surface area contributed by atoms with Crippen LogP contribution in [0.4, 0.5) is 0 Å². The largest absolute Gasteiger partial charge is 0.497 e. The highest BCUT2D eigenvalue weighted by atomic mass is 16.5. The summed E-state index contributed by atoms with van der Waals surface area (Å²) in [4.78, 5) is 11.7. The molecule has 0 bridgehead atoms. The molecule has 128 valence electrons. The molecule has 2 aromatic carbocycles. The molecule has 0 radical (unpaired) electrons. The monoisotopic (exact) mass is 326 g/mol. The average Bonchev–Trinajstić information content (AvgIpc) is 2.65. The number of amides is 1. The third-order valence-corrected chi connectivity index (χ3v) is 4.44. The van der Waals surface area contributed by atoms with Gasteiger partial charge in [0.25, 0.3) is 5.91 Å². The van der Waals surface area contributed by atoms with E-state index < -0.39 is 0 Å². The molecule has 2 aromatic rings. The van der Waals surface area contributed by atoms with Gasteiger partial charge in [0.2, 0.25) is 0 Å². The van der Waals surface area contributed by atoms with E-state index in [1.165, 1.54) is 5.56 Å². The molecule has 0 aliphatic rings. The van der Waals surface area contributed by atoms with Crippen LogP contribution in [0.1, 0.15) is 41.3 Å². The van der Waals surface area contributed by atoms with E-state index in [-0.39, 0.29) is 5.91 Å². The SMILES string of the molecule is CNC(=O)c1cccc(CN[C@H](C)[C@H](C)c2ccc(OC)cc2)c1. The van der Waals surface area contributed by atoms with Crippen LogP contribution in [0.2, 0.25) is 0 Å². The van der Waals surface area contributed by atoms with Crippen molar-refractivity contribution in [1.29, 1.82) is 0 Å². The van der Waals surface area contributed by atoms with Crippen LogP contribution in [0.5, 0.6) is 5.75 Å². The van der Waals surface area contributed by atoms with E-state index in [2.05, 4.69) is 36.6 Å². The lowest BCUT2D eigenvalue weighted by molar-refractivity contribution is 0.0963. The highest BCUT2D eigenvalue weighted by Crippen LogP contribution is 2.22. The Morgan fingerprint density at radius 1 is 1.12 bits per heavy atom. The Hall–Kier alpha value is -2.33. The molecule has 2 rings (SSSR count). The molecule has 2 N–H and O–H groups in total. The predicted octanol–water partition coefficient (Wildman–Crippen LogP) is 3.34. The summed E-state index contributed by atoms with van der Waals surface area (Å²) in [5.74, 6) is 1.19. The van der Waals surface area contributed by atoms with Crippen LogP contribution >= 0.6 is 0 Å². The maximum absolute atomic E-state index is 11.7. The average molecular weight is 326 g/mol. The van der Waals surface area contributed by atoms with E-state index in [0.717, 1.165) is 17.9 Å². The summed E-state index contributed by atoms with van der Waals surface area (Å²) < 4.78 is 5.21. The van der Waals surface area contributed by atoms with Gasteiger partial charge in [0.1, 0.15) is 5.75 Å². The van der Waals surface area contributed by atoms with Crippen LogP contribution in [0.3, 0.4) is 0 Å². The molecule has 4 heteroatoms. The molecule has 1 amide bonds. The van der Waals surface area contributed by atoms with Crippen molar-refractivity contribution in [3.05, 3.63) is 65.2 Å². The molecule has 0 unspecified atom stereocenters. The zero-order valence-electron chi connectivity index (χ0n) is 14.8. The van der Waals surface area contributed by atoms with Crippen molar-refractivity contribution in [2.45, 2.75) is 32.4 Å². The molecule has 0 saturated carbocycles. The van der Waals surface area contributed by atoms with Gasteiger partial charge in [-0.3, -0.25) is 4.79 Å². The van der Waals surface area contributed by atoms with Gasteiger partial charge >= 0.3 is 0 Å². The fourth-order valence-corrected chi connectivity index (χ4v) is 2.62. The van der Waals surface area contributed by atoms with Crippen LogP contribution in [0.25, 0.3) is 0 Å². The number of benzene rings is 2. The zero-order valence-corrected chi connectivity index (χ0v) is 14.8. The van der Waals surface area contributed by atoms with Gasteiger partial charge in [0.05, 0.1) is 7.11 Å². The van der Waals surface area contributed by atoms with E-state index >= 15 is 0 Å². The molecular formula is C20H26N2O2. The van der Waals surface area contributed by atoms with Crippen LogP contribution in [0.15, 0.2) is 48.5 Å². The first kappa shape index (κ1) is 18.0. The van der Waals surface area contributed by atoms with Gasteiger partial charge in [-0.1, -0.05) is 31.2 Å². The number of hydrogen-bond acceptors (Lipinski definition) is 3. The first-order chi connectivity index (χ1) is 11.5. The van der Waals surface area contributed by atoms with Gasteiger partial charge in [0.15, 0.2) is 0 Å². The number of nitrogens with one attached hydrogen (secondary N) is 2. The number of hydrogen-bond donors (Lipinski definition) is 2. The maximum atomic E-state index is 11.7. The lowest BCUT2D eigenvalue weighted by Gasteiger charge is -2.22. The van der Waals surface area contributed by atoms with Crippen molar-refractivity contribution in [3.8, 4) is 5.75 Å².